The van der Waals surface area contributed by atoms with Gasteiger partial charge in [0.25, 0.3) is 0 Å². The Morgan fingerprint density at radius 2 is 2.06 bits per heavy atom. The van der Waals surface area contributed by atoms with E-state index < -0.39 is 40.8 Å². The number of carbonyl (C=O) groups is 3. The molecule has 2 saturated carbocycles. The Labute approximate surface area is 212 Å². The molecular weight excluding hydrogens is 486 g/mol. The average Bonchev–Trinajstić information content (AvgIpc) is 3.38. The highest BCUT2D eigenvalue weighted by Gasteiger charge is 2.70. The number of hydrogen-bond donors (Lipinski definition) is 0. The average molecular weight is 512 g/mol. The van der Waals surface area contributed by atoms with Gasteiger partial charge in [0.1, 0.15) is 11.3 Å². The number of pyridine rings is 1. The Kier molecular flexibility index (Phi) is 5.30. The minimum absolute atomic E-state index is 0.0746. The van der Waals surface area contributed by atoms with E-state index >= 15 is 0 Å². The first-order valence-corrected chi connectivity index (χ1v) is 12.5. The Morgan fingerprint density at radius 1 is 1.22 bits per heavy atom. The molecule has 4 aliphatic rings. The minimum atomic E-state index is -0.962. The van der Waals surface area contributed by atoms with Gasteiger partial charge in [-0.3, -0.25) is 9.59 Å². The Morgan fingerprint density at radius 3 is 2.75 bits per heavy atom. The van der Waals surface area contributed by atoms with E-state index in [1.54, 1.807) is 25.7 Å². The lowest BCUT2D eigenvalue weighted by Gasteiger charge is -2.64. The van der Waals surface area contributed by atoms with Crippen LogP contribution < -0.4 is 0 Å². The Balaban J connectivity index is 1.37. The van der Waals surface area contributed by atoms with Gasteiger partial charge in [0.2, 0.25) is 0 Å². The number of methoxy groups -OCH3 is 1. The van der Waals surface area contributed by atoms with Gasteiger partial charge >= 0.3 is 11.9 Å². The van der Waals surface area contributed by atoms with Gasteiger partial charge in [0.15, 0.2) is 11.9 Å². The van der Waals surface area contributed by atoms with Crippen molar-refractivity contribution in [2.75, 3.05) is 7.11 Å². The quantitative estimate of drug-likeness (QED) is 0.430. The van der Waals surface area contributed by atoms with Crippen molar-refractivity contribution in [3.63, 3.8) is 0 Å². The van der Waals surface area contributed by atoms with Crippen LogP contribution in [-0.2, 0) is 23.8 Å². The van der Waals surface area contributed by atoms with Crippen molar-refractivity contribution in [3.05, 3.63) is 65.0 Å². The number of hydrogen-bond acceptors (Lipinski definition) is 8. The van der Waals surface area contributed by atoms with Crippen LogP contribution >= 0.6 is 11.6 Å². The molecule has 3 aliphatic carbocycles. The zero-order chi connectivity index (χ0) is 25.2. The van der Waals surface area contributed by atoms with Crippen molar-refractivity contribution in [2.24, 2.45) is 28.6 Å². The van der Waals surface area contributed by atoms with Crippen LogP contribution in [0.4, 0.5) is 0 Å². The van der Waals surface area contributed by atoms with Crippen molar-refractivity contribution < 1.29 is 33.0 Å². The van der Waals surface area contributed by atoms with E-state index in [9.17, 15) is 14.4 Å². The normalized spacial score (nSPS) is 36.9. The van der Waals surface area contributed by atoms with Crippen LogP contribution in [0.3, 0.4) is 0 Å². The molecule has 6 rings (SSSR count). The number of allylic oxidation sites excluding steroid dienone is 2. The van der Waals surface area contributed by atoms with Crippen LogP contribution in [0.2, 0.25) is 5.15 Å². The summed E-state index contributed by atoms with van der Waals surface area (Å²) in [4.78, 5) is 44.2. The number of ketones is 1. The third-order valence-corrected chi connectivity index (χ3v) is 9.07. The molecule has 188 valence electrons. The second-order valence-electron chi connectivity index (χ2n) is 10.5. The number of esters is 2. The predicted octanol–water partition coefficient (Wildman–Crippen LogP) is 4.69. The maximum Gasteiger partial charge on any atom is 0.340 e. The molecule has 3 heterocycles. The lowest BCUT2D eigenvalue weighted by Crippen LogP contribution is -2.66. The number of nitrogens with zero attached hydrogens (tertiary/aromatic N) is 1. The molecule has 0 aromatic carbocycles. The van der Waals surface area contributed by atoms with E-state index in [-0.39, 0.29) is 28.4 Å². The van der Waals surface area contributed by atoms with Crippen molar-refractivity contribution in [2.45, 2.75) is 44.8 Å². The summed E-state index contributed by atoms with van der Waals surface area (Å²) in [5, 5.41) is 0.256. The molecule has 0 bridgehead atoms. The largest absolute Gasteiger partial charge is 0.501 e. The molecule has 7 atom stereocenters. The third-order valence-electron chi connectivity index (χ3n) is 8.85. The van der Waals surface area contributed by atoms with Crippen LogP contribution in [0.15, 0.2) is 53.2 Å². The molecule has 0 amide bonds. The summed E-state index contributed by atoms with van der Waals surface area (Å²) >= 11 is 5.84. The Bertz CT molecular complexity index is 1260. The molecule has 36 heavy (non-hydrogen) atoms. The molecule has 0 radical (unpaired) electrons. The first-order chi connectivity index (χ1) is 17.3. The molecule has 2 aromatic heterocycles. The number of fused-ring (bicyclic) bond motifs is 2. The van der Waals surface area contributed by atoms with E-state index in [0.29, 0.717) is 25.7 Å². The highest BCUT2D eigenvalue weighted by molar-refractivity contribution is 6.29. The van der Waals surface area contributed by atoms with Gasteiger partial charge in [-0.2, -0.15) is 0 Å². The zero-order valence-electron chi connectivity index (χ0n) is 19.9. The standard InChI is InChI=1S/C27H26ClNO7/c1-26-10-19(15-6-8-34-13-15)36-25(32)16(26)5-7-27-11-20(33-2)17(27)9-18(22(30)23(26)27)35-24(31)14-3-4-21(28)29-12-14/h3-4,6,8,11-13,16-19,23H,5,7,9-10H2,1-2H3/t16-,17-,18-,19-,23+,26-,27+/m0/s1. The zero-order valence-corrected chi connectivity index (χ0v) is 20.7. The number of aromatic nitrogens is 1. The number of furan rings is 1. The second kappa shape index (κ2) is 8.20. The monoisotopic (exact) mass is 511 g/mol. The van der Waals surface area contributed by atoms with E-state index in [1.165, 1.54) is 18.3 Å². The number of cyclic esters (lactones) is 1. The second-order valence-corrected chi connectivity index (χ2v) is 10.9. The molecule has 8 nitrogen and oxygen atoms in total. The summed E-state index contributed by atoms with van der Waals surface area (Å²) < 4.78 is 22.5. The summed E-state index contributed by atoms with van der Waals surface area (Å²) in [5.41, 5.74) is -0.138. The van der Waals surface area contributed by atoms with Gasteiger partial charge in [0, 0.05) is 35.4 Å². The van der Waals surface area contributed by atoms with Crippen molar-refractivity contribution >= 4 is 29.3 Å². The van der Waals surface area contributed by atoms with E-state index in [1.807, 2.05) is 6.92 Å². The molecule has 0 N–H and O–H groups in total. The summed E-state index contributed by atoms with van der Waals surface area (Å²) in [6.07, 6.45) is 7.17. The van der Waals surface area contributed by atoms with Gasteiger partial charge in [-0.25, -0.2) is 9.78 Å². The van der Waals surface area contributed by atoms with Gasteiger partial charge in [-0.1, -0.05) is 18.5 Å². The lowest BCUT2D eigenvalue weighted by atomic mass is 9.39. The lowest BCUT2D eigenvalue weighted by molar-refractivity contribution is -0.205. The first-order valence-electron chi connectivity index (χ1n) is 12.1. The molecule has 1 saturated heterocycles. The summed E-state index contributed by atoms with van der Waals surface area (Å²) in [7, 11) is 1.62. The fourth-order valence-electron chi connectivity index (χ4n) is 7.25. The molecule has 2 aromatic rings. The highest BCUT2D eigenvalue weighted by Crippen LogP contribution is 2.70. The van der Waals surface area contributed by atoms with Crippen LogP contribution in [0, 0.1) is 28.6 Å². The van der Waals surface area contributed by atoms with Crippen LogP contribution in [-0.4, -0.2) is 35.9 Å². The minimum Gasteiger partial charge on any atom is -0.501 e. The number of ether oxygens (including phenoxy) is 3. The van der Waals surface area contributed by atoms with E-state index in [0.717, 1.165) is 11.3 Å². The maximum absolute atomic E-state index is 14.2. The summed E-state index contributed by atoms with van der Waals surface area (Å²) in [5.74, 6) is -1.30. The van der Waals surface area contributed by atoms with E-state index in [2.05, 4.69) is 11.1 Å². The van der Waals surface area contributed by atoms with Crippen LogP contribution in [0.25, 0.3) is 0 Å². The van der Waals surface area contributed by atoms with Gasteiger partial charge in [-0.15, -0.1) is 0 Å². The maximum atomic E-state index is 14.2. The fraction of sp³-hybridized carbons (Fsp3) is 0.481. The van der Waals surface area contributed by atoms with Crippen LogP contribution in [0.5, 0.6) is 0 Å². The number of rotatable bonds is 4. The topological polar surface area (TPSA) is 105 Å². The smallest absolute Gasteiger partial charge is 0.340 e. The van der Waals surface area contributed by atoms with Crippen LogP contribution in [0.1, 0.15) is 54.6 Å². The summed E-state index contributed by atoms with van der Waals surface area (Å²) in [6, 6.07) is 4.80. The van der Waals surface area contributed by atoms with E-state index in [4.69, 9.17) is 30.2 Å². The Hall–Kier alpha value is -3.13. The van der Waals surface area contributed by atoms with Crippen molar-refractivity contribution in [1.82, 2.24) is 4.98 Å². The number of carbonyl (C=O) groups excluding carboxylic acids is 3. The van der Waals surface area contributed by atoms with Crippen molar-refractivity contribution in [1.29, 1.82) is 0 Å². The molecular formula is C27H26ClNO7. The molecule has 1 spiro atoms. The van der Waals surface area contributed by atoms with Gasteiger partial charge in [0.05, 0.1) is 36.9 Å². The van der Waals surface area contributed by atoms with Crippen molar-refractivity contribution in [3.8, 4) is 0 Å². The molecule has 9 heteroatoms. The van der Waals surface area contributed by atoms with Gasteiger partial charge in [-0.05, 0) is 49.0 Å². The predicted molar refractivity (Wildman–Crippen MR) is 126 cm³/mol. The first kappa shape index (κ1) is 23.3. The molecule has 1 aliphatic heterocycles. The fourth-order valence-corrected chi connectivity index (χ4v) is 7.36. The SMILES string of the molecule is COC1=C[C@@]23CC[C@H]4C(=O)O[C@H](c5ccoc5)C[C@]4(C)[C@H]2C(=O)[C@@H](OC(=O)c2ccc(Cl)nc2)C[C@@H]13. The number of halogens is 1. The number of Topliss-reactive ketones (excluding diaryl/α,β-unsaturated/α-hetero) is 1. The summed E-state index contributed by atoms with van der Waals surface area (Å²) in [6.45, 7) is 2.01. The molecule has 0 unspecified atom stereocenters. The highest BCUT2D eigenvalue weighted by atomic mass is 35.5. The third kappa shape index (κ3) is 3.26. The molecule has 3 fully saturated rings. The van der Waals surface area contributed by atoms with Gasteiger partial charge < -0.3 is 18.6 Å².